The summed E-state index contributed by atoms with van der Waals surface area (Å²) in [5.41, 5.74) is 10.2. The molecule has 0 saturated carbocycles. The van der Waals surface area contributed by atoms with Crippen LogP contribution < -0.4 is 0 Å². The van der Waals surface area contributed by atoms with Gasteiger partial charge in [-0.2, -0.15) is 0 Å². The lowest BCUT2D eigenvalue weighted by atomic mass is 10.0. The van der Waals surface area contributed by atoms with E-state index < -0.39 is 0 Å². The molecular weight excluding hydrogens is 613 g/mol. The molecule has 0 N–H and O–H groups in total. The molecule has 234 valence electrons. The molecule has 0 aliphatic carbocycles. The predicted molar refractivity (Wildman–Crippen MR) is 203 cm³/mol. The summed E-state index contributed by atoms with van der Waals surface area (Å²) in [6, 6.07) is 58.7. The molecular formula is C45H28N4O. The quantitative estimate of drug-likeness (QED) is 0.188. The van der Waals surface area contributed by atoms with Crippen molar-refractivity contribution in [2.24, 2.45) is 0 Å². The summed E-state index contributed by atoms with van der Waals surface area (Å²) in [7, 11) is 0. The molecule has 0 amide bonds. The summed E-state index contributed by atoms with van der Waals surface area (Å²) in [4.78, 5) is 14.9. The van der Waals surface area contributed by atoms with Crippen LogP contribution in [0.15, 0.2) is 174 Å². The third kappa shape index (κ3) is 4.67. The molecule has 0 fully saturated rings. The van der Waals surface area contributed by atoms with Gasteiger partial charge >= 0.3 is 0 Å². The van der Waals surface area contributed by atoms with E-state index in [1.165, 1.54) is 5.39 Å². The van der Waals surface area contributed by atoms with Crippen LogP contribution in [0.5, 0.6) is 0 Å². The van der Waals surface area contributed by atoms with E-state index in [9.17, 15) is 0 Å². The second-order valence-electron chi connectivity index (χ2n) is 12.5. The van der Waals surface area contributed by atoms with E-state index in [1.807, 2.05) is 72.8 Å². The number of aromatic nitrogens is 4. The molecule has 0 atom stereocenters. The largest absolute Gasteiger partial charge is 0.456 e. The number of nitrogens with zero attached hydrogens (tertiary/aromatic N) is 4. The Bertz CT molecular complexity index is 2800. The van der Waals surface area contributed by atoms with Crippen LogP contribution in [0.4, 0.5) is 0 Å². The maximum absolute atomic E-state index is 6.24. The van der Waals surface area contributed by atoms with Crippen molar-refractivity contribution in [3.8, 4) is 51.0 Å². The average molecular weight is 641 g/mol. The highest BCUT2D eigenvalue weighted by atomic mass is 16.3. The van der Waals surface area contributed by atoms with Gasteiger partial charge in [0.25, 0.3) is 0 Å². The third-order valence-electron chi connectivity index (χ3n) is 9.45. The van der Waals surface area contributed by atoms with Crippen LogP contribution in [-0.2, 0) is 0 Å². The van der Waals surface area contributed by atoms with Gasteiger partial charge in [-0.15, -0.1) is 0 Å². The van der Waals surface area contributed by atoms with Crippen LogP contribution in [0.1, 0.15) is 0 Å². The fourth-order valence-electron chi connectivity index (χ4n) is 7.04. The fraction of sp³-hybridized carbons (Fsp3) is 0. The van der Waals surface area contributed by atoms with E-state index in [-0.39, 0.29) is 0 Å². The summed E-state index contributed by atoms with van der Waals surface area (Å²) in [6.45, 7) is 0. The number of para-hydroxylation sites is 2. The maximum Gasteiger partial charge on any atom is 0.164 e. The van der Waals surface area contributed by atoms with Gasteiger partial charge in [0.2, 0.25) is 0 Å². The molecule has 5 heteroatoms. The highest BCUT2D eigenvalue weighted by Crippen LogP contribution is 2.38. The molecule has 0 unspecified atom stereocenters. The smallest absolute Gasteiger partial charge is 0.164 e. The van der Waals surface area contributed by atoms with Gasteiger partial charge in [0.1, 0.15) is 11.2 Å². The molecule has 0 aliphatic rings. The molecule has 0 radical (unpaired) electrons. The van der Waals surface area contributed by atoms with Crippen LogP contribution >= 0.6 is 0 Å². The second-order valence-corrected chi connectivity index (χ2v) is 12.5. The first-order valence-electron chi connectivity index (χ1n) is 16.7. The molecule has 5 nitrogen and oxygen atoms in total. The summed E-state index contributed by atoms with van der Waals surface area (Å²) in [5.74, 6) is 1.91. The van der Waals surface area contributed by atoms with Gasteiger partial charge in [-0.3, -0.25) is 0 Å². The van der Waals surface area contributed by atoms with Crippen molar-refractivity contribution < 1.29 is 4.42 Å². The molecule has 0 spiro atoms. The molecule has 50 heavy (non-hydrogen) atoms. The zero-order valence-electron chi connectivity index (χ0n) is 26.9. The zero-order valence-corrected chi connectivity index (χ0v) is 26.9. The molecule has 0 aliphatic heterocycles. The van der Waals surface area contributed by atoms with Gasteiger partial charge in [-0.25, -0.2) is 15.0 Å². The molecule has 10 aromatic rings. The number of furan rings is 1. The summed E-state index contributed by atoms with van der Waals surface area (Å²) >= 11 is 0. The first-order chi connectivity index (χ1) is 24.8. The minimum absolute atomic E-state index is 0.629. The van der Waals surface area contributed by atoms with Gasteiger partial charge in [0.05, 0.1) is 11.0 Å². The summed E-state index contributed by atoms with van der Waals surface area (Å²) in [6.07, 6.45) is 0. The second kappa shape index (κ2) is 11.4. The van der Waals surface area contributed by atoms with Crippen LogP contribution in [0, 0.1) is 0 Å². The molecule has 3 aromatic heterocycles. The minimum Gasteiger partial charge on any atom is -0.456 e. The average Bonchev–Trinajstić information content (AvgIpc) is 3.73. The van der Waals surface area contributed by atoms with Crippen molar-refractivity contribution in [3.05, 3.63) is 170 Å². The Morgan fingerprint density at radius 2 is 0.880 bits per heavy atom. The zero-order chi connectivity index (χ0) is 33.0. The Morgan fingerprint density at radius 1 is 0.340 bits per heavy atom. The Labute approximate surface area is 287 Å². The van der Waals surface area contributed by atoms with Gasteiger partial charge in [0.15, 0.2) is 17.5 Å². The van der Waals surface area contributed by atoms with Crippen molar-refractivity contribution in [1.29, 1.82) is 0 Å². The van der Waals surface area contributed by atoms with Crippen molar-refractivity contribution in [3.63, 3.8) is 0 Å². The summed E-state index contributed by atoms with van der Waals surface area (Å²) in [5, 5.41) is 4.59. The number of hydrogen-bond donors (Lipinski definition) is 0. The van der Waals surface area contributed by atoms with Gasteiger partial charge in [-0.05, 0) is 59.7 Å². The Hall–Kier alpha value is -6.85. The van der Waals surface area contributed by atoms with Crippen molar-refractivity contribution in [2.75, 3.05) is 0 Å². The summed E-state index contributed by atoms with van der Waals surface area (Å²) < 4.78 is 8.57. The van der Waals surface area contributed by atoms with Gasteiger partial charge < -0.3 is 8.98 Å². The van der Waals surface area contributed by atoms with E-state index >= 15 is 0 Å². The highest BCUT2D eigenvalue weighted by Gasteiger charge is 2.18. The van der Waals surface area contributed by atoms with E-state index in [4.69, 9.17) is 19.4 Å². The van der Waals surface area contributed by atoms with E-state index in [2.05, 4.69) is 102 Å². The standard InChI is InChI=1S/C45H28N4O/c1-4-12-29(13-5-1)43-46-44(30-14-6-2-7-15-30)48-45(47-43)33-21-23-35-38-26-31(22-25-39(38)49(40(35)27-33)34-16-8-3-9-17-34)32-20-24-37-36-18-10-11-19-41(36)50-42(37)28-32/h1-28H. The lowest BCUT2D eigenvalue weighted by molar-refractivity contribution is 0.669. The Kier molecular flexibility index (Phi) is 6.42. The predicted octanol–water partition coefficient (Wildman–Crippen LogP) is 11.5. The van der Waals surface area contributed by atoms with E-state index in [0.29, 0.717) is 17.5 Å². The van der Waals surface area contributed by atoms with Crippen molar-refractivity contribution in [2.45, 2.75) is 0 Å². The molecule has 3 heterocycles. The van der Waals surface area contributed by atoms with Crippen LogP contribution in [-0.4, -0.2) is 19.5 Å². The minimum atomic E-state index is 0.629. The number of rotatable bonds is 5. The number of fused-ring (bicyclic) bond motifs is 6. The SMILES string of the molecule is c1ccc(-c2nc(-c3ccccc3)nc(-c3ccc4c5cc(-c6ccc7c(c6)oc6ccccc67)ccc5n(-c5ccccc5)c4c3)n2)cc1. The molecule has 10 rings (SSSR count). The first-order valence-corrected chi connectivity index (χ1v) is 16.7. The topological polar surface area (TPSA) is 56.7 Å². The third-order valence-corrected chi connectivity index (χ3v) is 9.45. The molecule has 0 saturated heterocycles. The Morgan fingerprint density at radius 3 is 1.60 bits per heavy atom. The lowest BCUT2D eigenvalue weighted by Gasteiger charge is -2.10. The lowest BCUT2D eigenvalue weighted by Crippen LogP contribution is -2.00. The molecule has 0 bridgehead atoms. The fourth-order valence-corrected chi connectivity index (χ4v) is 7.04. The van der Waals surface area contributed by atoms with E-state index in [0.717, 1.165) is 71.9 Å². The maximum atomic E-state index is 6.24. The van der Waals surface area contributed by atoms with Crippen molar-refractivity contribution in [1.82, 2.24) is 19.5 Å². The van der Waals surface area contributed by atoms with Crippen molar-refractivity contribution >= 4 is 43.7 Å². The van der Waals surface area contributed by atoms with Crippen LogP contribution in [0.25, 0.3) is 94.7 Å². The Balaban J connectivity index is 1.17. The van der Waals surface area contributed by atoms with Gasteiger partial charge in [-0.1, -0.05) is 121 Å². The van der Waals surface area contributed by atoms with Crippen LogP contribution in [0.3, 0.4) is 0 Å². The van der Waals surface area contributed by atoms with E-state index in [1.54, 1.807) is 0 Å². The van der Waals surface area contributed by atoms with Gasteiger partial charge in [0, 0.05) is 43.9 Å². The number of benzene rings is 7. The number of hydrogen-bond acceptors (Lipinski definition) is 4. The highest BCUT2D eigenvalue weighted by molar-refractivity contribution is 6.12. The normalized spacial score (nSPS) is 11.6. The molecule has 7 aromatic carbocycles. The monoisotopic (exact) mass is 640 g/mol. The first kappa shape index (κ1) is 28.2. The van der Waals surface area contributed by atoms with Crippen LogP contribution in [0.2, 0.25) is 0 Å².